The van der Waals surface area contributed by atoms with Crippen molar-refractivity contribution in [1.82, 2.24) is 0 Å². The van der Waals surface area contributed by atoms with E-state index in [2.05, 4.69) is 89.9 Å². The summed E-state index contributed by atoms with van der Waals surface area (Å²) in [4.78, 5) is 3.69. The Morgan fingerprint density at radius 3 is 2.09 bits per heavy atom. The molecule has 1 heterocycles. The molecule has 1 nitrogen and oxygen atoms in total. The van der Waals surface area contributed by atoms with Crippen molar-refractivity contribution in [2.45, 2.75) is 12.5 Å². The molecule has 1 aliphatic rings. The van der Waals surface area contributed by atoms with Crippen molar-refractivity contribution in [3.05, 3.63) is 107 Å². The van der Waals surface area contributed by atoms with E-state index in [9.17, 15) is 0 Å². The van der Waals surface area contributed by atoms with Gasteiger partial charge in [0, 0.05) is 23.3 Å². The Morgan fingerprint density at radius 2 is 1.32 bits per heavy atom. The predicted molar refractivity (Wildman–Crippen MR) is 88.5 cm³/mol. The molecule has 0 aliphatic carbocycles. The molecule has 0 aromatic heterocycles. The van der Waals surface area contributed by atoms with Gasteiger partial charge in [0.25, 0.3) is 0 Å². The highest BCUT2D eigenvalue weighted by Gasteiger charge is 2.22. The fourth-order valence-electron chi connectivity index (χ4n) is 3.22. The van der Waals surface area contributed by atoms with Crippen LogP contribution in [-0.4, -0.2) is 0 Å². The fraction of sp³-hybridized carbons (Fsp3) is 0.0952. The molecule has 0 saturated carbocycles. The van der Waals surface area contributed by atoms with E-state index in [1.807, 2.05) is 0 Å². The van der Waals surface area contributed by atoms with Gasteiger partial charge >= 0.3 is 0 Å². The van der Waals surface area contributed by atoms with Gasteiger partial charge in [0.1, 0.15) is 0 Å². The Bertz CT molecular complexity index is 895. The van der Waals surface area contributed by atoms with E-state index in [0.717, 1.165) is 6.42 Å². The first-order valence-electron chi connectivity index (χ1n) is 7.74. The van der Waals surface area contributed by atoms with Gasteiger partial charge in [0.2, 0.25) is 5.36 Å². The molecule has 0 fully saturated rings. The molecule has 106 valence electrons. The Kier molecular flexibility index (Phi) is 3.32. The predicted octanol–water partition coefficient (Wildman–Crippen LogP) is 1.73. The smallest absolute Gasteiger partial charge is 0.206 e. The lowest BCUT2D eigenvalue weighted by Gasteiger charge is -2.15. The van der Waals surface area contributed by atoms with Gasteiger partial charge in [0.05, 0.1) is 0 Å². The van der Waals surface area contributed by atoms with Gasteiger partial charge in [-0.2, -0.15) is 0 Å². The number of benzene rings is 3. The highest BCUT2D eigenvalue weighted by Crippen LogP contribution is 2.23. The van der Waals surface area contributed by atoms with Crippen LogP contribution in [0.3, 0.4) is 0 Å². The van der Waals surface area contributed by atoms with Gasteiger partial charge < -0.3 is 0 Å². The van der Waals surface area contributed by atoms with Gasteiger partial charge in [-0.25, -0.2) is 4.99 Å². The van der Waals surface area contributed by atoms with Crippen LogP contribution in [0, 0.1) is 0 Å². The minimum atomic E-state index is 0.325. The van der Waals surface area contributed by atoms with Crippen LogP contribution in [-0.2, 0) is 0 Å². The SMILES string of the molecule is c1ccc(C2=c3ccccc3=[NH+]C(c3ccccc3)C2)cc1. The van der Waals surface area contributed by atoms with Gasteiger partial charge in [0.15, 0.2) is 6.04 Å². The van der Waals surface area contributed by atoms with Crippen LogP contribution >= 0.6 is 0 Å². The second-order valence-corrected chi connectivity index (χ2v) is 5.70. The Hall–Kier alpha value is -2.67. The summed E-state index contributed by atoms with van der Waals surface area (Å²) < 4.78 is 0. The first kappa shape index (κ1) is 13.0. The van der Waals surface area contributed by atoms with Gasteiger partial charge in [-0.05, 0) is 17.2 Å². The molecular weight excluding hydrogens is 266 g/mol. The van der Waals surface area contributed by atoms with E-state index in [1.54, 1.807) is 0 Å². The topological polar surface area (TPSA) is 14.0 Å². The van der Waals surface area contributed by atoms with Gasteiger partial charge in [-0.15, -0.1) is 0 Å². The Balaban J connectivity index is 1.92. The Labute approximate surface area is 130 Å². The third-order valence-electron chi connectivity index (χ3n) is 4.31. The monoisotopic (exact) mass is 284 g/mol. The molecule has 1 aliphatic heterocycles. The third-order valence-corrected chi connectivity index (χ3v) is 4.31. The molecule has 1 atom stereocenters. The molecule has 0 bridgehead atoms. The van der Waals surface area contributed by atoms with Gasteiger partial charge in [-0.1, -0.05) is 72.8 Å². The average Bonchev–Trinajstić information content (AvgIpc) is 2.62. The maximum absolute atomic E-state index is 3.69. The van der Waals surface area contributed by atoms with Crippen LogP contribution in [0.4, 0.5) is 0 Å². The largest absolute Gasteiger partial charge is 0.234 e. The average molecular weight is 284 g/mol. The van der Waals surface area contributed by atoms with Crippen LogP contribution in [0.15, 0.2) is 84.9 Å². The van der Waals surface area contributed by atoms with Crippen molar-refractivity contribution >= 4 is 5.57 Å². The molecular formula is C21H18N+. The molecule has 1 unspecified atom stereocenters. The third kappa shape index (κ3) is 2.35. The summed E-state index contributed by atoms with van der Waals surface area (Å²) in [7, 11) is 0. The van der Waals surface area contributed by atoms with E-state index in [0.29, 0.717) is 6.04 Å². The molecule has 0 radical (unpaired) electrons. The maximum Gasteiger partial charge on any atom is 0.206 e. The number of fused-ring (bicyclic) bond motifs is 1. The van der Waals surface area contributed by atoms with Crippen molar-refractivity contribution in [2.75, 3.05) is 0 Å². The standard InChI is InChI=1S/C21H17N/c1-3-9-16(10-4-1)19-15-21(17-11-5-2-6-12-17)22-20-14-8-7-13-18(19)20/h1-14,21H,15H2/p+1. The van der Waals surface area contributed by atoms with Crippen LogP contribution in [0.1, 0.15) is 23.6 Å². The van der Waals surface area contributed by atoms with E-state index < -0.39 is 0 Å². The first-order chi connectivity index (χ1) is 10.9. The lowest BCUT2D eigenvalue weighted by atomic mass is 9.91. The zero-order valence-electron chi connectivity index (χ0n) is 12.4. The van der Waals surface area contributed by atoms with Crippen molar-refractivity contribution in [2.24, 2.45) is 0 Å². The maximum atomic E-state index is 3.69. The number of rotatable bonds is 2. The quantitative estimate of drug-likeness (QED) is 0.737. The second kappa shape index (κ2) is 5.61. The summed E-state index contributed by atoms with van der Waals surface area (Å²) in [5, 5.41) is 2.54. The molecule has 3 aromatic carbocycles. The number of hydrogen-bond acceptors (Lipinski definition) is 0. The molecule has 22 heavy (non-hydrogen) atoms. The van der Waals surface area contributed by atoms with Crippen molar-refractivity contribution < 1.29 is 4.99 Å². The zero-order chi connectivity index (χ0) is 14.8. The van der Waals surface area contributed by atoms with Crippen LogP contribution in [0.25, 0.3) is 5.57 Å². The molecule has 0 amide bonds. The van der Waals surface area contributed by atoms with E-state index in [1.165, 1.54) is 27.3 Å². The lowest BCUT2D eigenvalue weighted by molar-refractivity contribution is -0.551. The van der Waals surface area contributed by atoms with Crippen LogP contribution in [0.5, 0.6) is 0 Å². The lowest BCUT2D eigenvalue weighted by Crippen LogP contribution is -2.82. The minimum absolute atomic E-state index is 0.325. The molecule has 0 spiro atoms. The summed E-state index contributed by atoms with van der Waals surface area (Å²) in [5.41, 5.74) is 4.08. The molecule has 0 saturated heterocycles. The number of para-hydroxylation sites is 1. The molecule has 1 heteroatoms. The van der Waals surface area contributed by atoms with E-state index >= 15 is 0 Å². The highest BCUT2D eigenvalue weighted by molar-refractivity contribution is 5.66. The minimum Gasteiger partial charge on any atom is -0.234 e. The van der Waals surface area contributed by atoms with Crippen LogP contribution < -0.4 is 15.6 Å². The molecule has 1 N–H and O–H groups in total. The fourth-order valence-corrected chi connectivity index (χ4v) is 3.22. The summed E-state index contributed by atoms with van der Waals surface area (Å²) in [6.07, 6.45) is 1.00. The van der Waals surface area contributed by atoms with E-state index in [4.69, 9.17) is 0 Å². The normalized spacial score (nSPS) is 16.7. The van der Waals surface area contributed by atoms with Crippen molar-refractivity contribution in [3.8, 4) is 0 Å². The zero-order valence-corrected chi connectivity index (χ0v) is 12.4. The van der Waals surface area contributed by atoms with Crippen LogP contribution in [0.2, 0.25) is 0 Å². The van der Waals surface area contributed by atoms with Crippen molar-refractivity contribution in [1.29, 1.82) is 0 Å². The molecule has 4 rings (SSSR count). The summed E-state index contributed by atoms with van der Waals surface area (Å²) in [5.74, 6) is 0. The number of hydrogen-bond donors (Lipinski definition) is 1. The summed E-state index contributed by atoms with van der Waals surface area (Å²) in [6.45, 7) is 0. The second-order valence-electron chi connectivity index (χ2n) is 5.70. The Morgan fingerprint density at radius 1 is 0.682 bits per heavy atom. The number of nitrogens with one attached hydrogen (secondary N) is 1. The highest BCUT2D eigenvalue weighted by atomic mass is 14.8. The van der Waals surface area contributed by atoms with E-state index in [-0.39, 0.29) is 0 Å². The van der Waals surface area contributed by atoms with Crippen molar-refractivity contribution in [3.63, 3.8) is 0 Å². The van der Waals surface area contributed by atoms with Gasteiger partial charge in [-0.3, -0.25) is 0 Å². The summed E-state index contributed by atoms with van der Waals surface area (Å²) in [6, 6.07) is 30.4. The summed E-state index contributed by atoms with van der Waals surface area (Å²) >= 11 is 0. The molecule has 3 aromatic rings. The first-order valence-corrected chi connectivity index (χ1v) is 7.74.